The summed E-state index contributed by atoms with van der Waals surface area (Å²) in [6, 6.07) is 3.09. The highest BCUT2D eigenvalue weighted by Gasteiger charge is 2.45. The number of aliphatic hydroxyl groups excluding tert-OH is 1. The lowest BCUT2D eigenvalue weighted by Crippen LogP contribution is -2.55. The van der Waals surface area contributed by atoms with Gasteiger partial charge in [-0.25, -0.2) is 4.79 Å². The summed E-state index contributed by atoms with van der Waals surface area (Å²) in [5.41, 5.74) is -0.555. The van der Waals surface area contributed by atoms with Gasteiger partial charge >= 0.3 is 12.3 Å². The molecular weight excluding hydrogens is 405 g/mol. The predicted molar refractivity (Wildman–Crippen MR) is 104 cm³/mol. The third-order valence-corrected chi connectivity index (χ3v) is 4.08. The van der Waals surface area contributed by atoms with Gasteiger partial charge < -0.3 is 25.2 Å². The Labute approximate surface area is 173 Å². The second-order valence-corrected chi connectivity index (χ2v) is 8.12. The topological polar surface area (TPSA) is 96.9 Å². The molecule has 0 aliphatic rings. The number of halogens is 3. The average Bonchev–Trinajstić information content (AvgIpc) is 2.61. The first kappa shape index (κ1) is 25.5. The van der Waals surface area contributed by atoms with Crippen molar-refractivity contribution < 1.29 is 37.3 Å². The van der Waals surface area contributed by atoms with Crippen LogP contribution in [0.3, 0.4) is 0 Å². The molecule has 0 aromatic heterocycles. The van der Waals surface area contributed by atoms with E-state index < -0.39 is 47.9 Å². The maximum atomic E-state index is 13.0. The lowest BCUT2D eigenvalue weighted by molar-refractivity contribution is -0.215. The van der Waals surface area contributed by atoms with Gasteiger partial charge in [-0.3, -0.25) is 4.79 Å². The maximum Gasteiger partial charge on any atom is 0.416 e. The predicted octanol–water partition coefficient (Wildman–Crippen LogP) is 3.33. The Kier molecular flexibility index (Phi) is 8.53. The minimum absolute atomic E-state index is 0.295. The van der Waals surface area contributed by atoms with E-state index in [4.69, 9.17) is 9.47 Å². The highest BCUT2D eigenvalue weighted by Crippen LogP contribution is 2.26. The smallest absolute Gasteiger partial charge is 0.416 e. The van der Waals surface area contributed by atoms with E-state index in [0.717, 1.165) is 0 Å². The van der Waals surface area contributed by atoms with Crippen molar-refractivity contribution in [3.8, 4) is 5.75 Å². The number of amides is 2. The third kappa shape index (κ3) is 7.74. The lowest BCUT2D eigenvalue weighted by Gasteiger charge is -2.31. The van der Waals surface area contributed by atoms with E-state index in [-0.39, 0.29) is 0 Å². The number of carbonyl (C=O) groups excluding carboxylic acids is 2. The Bertz CT molecular complexity index is 715. The second kappa shape index (κ2) is 10.0. The van der Waals surface area contributed by atoms with Gasteiger partial charge in [-0.2, -0.15) is 13.2 Å². The lowest BCUT2D eigenvalue weighted by atomic mass is 9.96. The minimum Gasteiger partial charge on any atom is -0.497 e. The molecule has 0 saturated heterocycles. The summed E-state index contributed by atoms with van der Waals surface area (Å²) in [5.74, 6) is -1.17. The SMILES string of the molecule is COc1ccc([C@H](NC(=O)OC(C)(C)C)C(=O)N[C@@H](C(C)C)[C@H](O)C(F)(F)F)cc1. The second-order valence-electron chi connectivity index (χ2n) is 8.12. The fourth-order valence-electron chi connectivity index (χ4n) is 2.58. The molecule has 3 N–H and O–H groups in total. The van der Waals surface area contributed by atoms with Crippen LogP contribution >= 0.6 is 0 Å². The zero-order valence-corrected chi connectivity index (χ0v) is 17.8. The molecule has 0 saturated carbocycles. The number of alkyl carbamates (subject to hydrolysis) is 1. The van der Waals surface area contributed by atoms with E-state index in [1.807, 2.05) is 0 Å². The van der Waals surface area contributed by atoms with Crippen LogP contribution in [0.15, 0.2) is 24.3 Å². The number of nitrogens with one attached hydrogen (secondary N) is 2. The van der Waals surface area contributed by atoms with Crippen molar-refractivity contribution in [3.63, 3.8) is 0 Å². The van der Waals surface area contributed by atoms with Crippen molar-refractivity contribution in [3.05, 3.63) is 29.8 Å². The quantitative estimate of drug-likeness (QED) is 0.612. The first-order valence-corrected chi connectivity index (χ1v) is 9.34. The van der Waals surface area contributed by atoms with Crippen LogP contribution in [0.5, 0.6) is 5.75 Å². The maximum absolute atomic E-state index is 13.0. The number of methoxy groups -OCH3 is 1. The summed E-state index contributed by atoms with van der Waals surface area (Å²) >= 11 is 0. The van der Waals surface area contributed by atoms with Crippen LogP contribution in [-0.4, -0.2) is 48.1 Å². The molecule has 7 nitrogen and oxygen atoms in total. The van der Waals surface area contributed by atoms with Crippen LogP contribution in [0.4, 0.5) is 18.0 Å². The molecule has 0 radical (unpaired) electrons. The highest BCUT2D eigenvalue weighted by molar-refractivity contribution is 5.87. The molecule has 0 aliphatic heterocycles. The Morgan fingerprint density at radius 2 is 1.57 bits per heavy atom. The van der Waals surface area contributed by atoms with Crippen LogP contribution < -0.4 is 15.4 Å². The number of aliphatic hydroxyl groups is 1. The average molecular weight is 434 g/mol. The molecule has 0 spiro atoms. The summed E-state index contributed by atoms with van der Waals surface area (Å²) in [4.78, 5) is 25.1. The molecule has 1 aromatic rings. The first-order valence-electron chi connectivity index (χ1n) is 9.34. The van der Waals surface area contributed by atoms with Gasteiger partial charge in [0.25, 0.3) is 0 Å². The van der Waals surface area contributed by atoms with Crippen LogP contribution in [0.1, 0.15) is 46.2 Å². The zero-order chi connectivity index (χ0) is 23.3. The highest BCUT2D eigenvalue weighted by atomic mass is 19.4. The van der Waals surface area contributed by atoms with Gasteiger partial charge in [-0.15, -0.1) is 0 Å². The van der Waals surface area contributed by atoms with Crippen LogP contribution in [0.2, 0.25) is 0 Å². The van der Waals surface area contributed by atoms with E-state index in [1.165, 1.54) is 45.2 Å². The number of hydrogen-bond donors (Lipinski definition) is 3. The molecule has 0 heterocycles. The summed E-state index contributed by atoms with van der Waals surface area (Å²) in [6.45, 7) is 7.75. The van der Waals surface area contributed by atoms with Crippen molar-refractivity contribution in [2.75, 3.05) is 7.11 Å². The number of benzene rings is 1. The largest absolute Gasteiger partial charge is 0.497 e. The van der Waals surface area contributed by atoms with Crippen molar-refractivity contribution in [1.29, 1.82) is 0 Å². The van der Waals surface area contributed by atoms with E-state index in [9.17, 15) is 27.9 Å². The Hall–Kier alpha value is -2.49. The molecule has 0 aliphatic carbocycles. The molecule has 2 amide bonds. The molecule has 1 rings (SSSR count). The van der Waals surface area contributed by atoms with Crippen molar-refractivity contribution in [2.45, 2.75) is 64.6 Å². The standard InChI is InChI=1S/C20H29F3N2O5/c1-11(2)14(16(26)20(21,22)23)24-17(27)15(25-18(28)30-19(3,4)5)12-7-9-13(29-6)10-8-12/h7-11,14-16,26H,1-6H3,(H,24,27)(H,25,28)/t14-,15-,16-/m0/s1. The molecule has 0 bridgehead atoms. The molecule has 170 valence electrons. The summed E-state index contributed by atoms with van der Waals surface area (Å²) in [7, 11) is 1.45. The van der Waals surface area contributed by atoms with Gasteiger partial charge in [0.2, 0.25) is 5.91 Å². The third-order valence-electron chi connectivity index (χ3n) is 4.08. The Balaban J connectivity index is 3.17. The first-order chi connectivity index (χ1) is 13.7. The summed E-state index contributed by atoms with van der Waals surface area (Å²) < 4.78 is 49.2. The summed E-state index contributed by atoms with van der Waals surface area (Å²) in [6.07, 6.45) is -8.61. The minimum atomic E-state index is -4.92. The van der Waals surface area contributed by atoms with Gasteiger partial charge in [-0.05, 0) is 44.4 Å². The molecule has 0 fully saturated rings. The van der Waals surface area contributed by atoms with E-state index in [2.05, 4.69) is 10.6 Å². The van der Waals surface area contributed by atoms with Gasteiger partial charge in [0.15, 0.2) is 6.10 Å². The van der Waals surface area contributed by atoms with E-state index in [0.29, 0.717) is 11.3 Å². The fraction of sp³-hybridized carbons (Fsp3) is 0.600. The van der Waals surface area contributed by atoms with Gasteiger partial charge in [0.1, 0.15) is 17.4 Å². The number of rotatable bonds is 7. The summed E-state index contributed by atoms with van der Waals surface area (Å²) in [5, 5.41) is 14.2. The number of carbonyl (C=O) groups is 2. The van der Waals surface area contributed by atoms with Crippen molar-refractivity contribution in [2.24, 2.45) is 5.92 Å². The van der Waals surface area contributed by atoms with Gasteiger partial charge in [0.05, 0.1) is 13.2 Å². The molecular formula is C20H29F3N2O5. The fourth-order valence-corrected chi connectivity index (χ4v) is 2.58. The Morgan fingerprint density at radius 3 is 1.97 bits per heavy atom. The number of hydrogen-bond acceptors (Lipinski definition) is 5. The van der Waals surface area contributed by atoms with E-state index >= 15 is 0 Å². The number of alkyl halides is 3. The van der Waals surface area contributed by atoms with E-state index in [1.54, 1.807) is 20.8 Å². The van der Waals surface area contributed by atoms with Crippen LogP contribution in [0, 0.1) is 5.92 Å². The van der Waals surface area contributed by atoms with Crippen molar-refractivity contribution >= 4 is 12.0 Å². The molecule has 1 aromatic carbocycles. The molecule has 3 atom stereocenters. The molecule has 30 heavy (non-hydrogen) atoms. The van der Waals surface area contributed by atoms with Gasteiger partial charge in [-0.1, -0.05) is 26.0 Å². The normalized spacial score (nSPS) is 15.2. The molecule has 10 heteroatoms. The van der Waals surface area contributed by atoms with Crippen LogP contribution in [0.25, 0.3) is 0 Å². The zero-order valence-electron chi connectivity index (χ0n) is 17.8. The number of ether oxygens (including phenoxy) is 2. The molecule has 0 unspecified atom stereocenters. The van der Waals surface area contributed by atoms with Crippen LogP contribution in [-0.2, 0) is 9.53 Å². The van der Waals surface area contributed by atoms with Crippen molar-refractivity contribution in [1.82, 2.24) is 10.6 Å². The monoisotopic (exact) mass is 434 g/mol. The van der Waals surface area contributed by atoms with Gasteiger partial charge in [0, 0.05) is 0 Å². The Morgan fingerprint density at radius 1 is 1.03 bits per heavy atom.